The van der Waals surface area contributed by atoms with Gasteiger partial charge in [-0.25, -0.2) is 14.5 Å². The Bertz CT molecular complexity index is 429. The van der Waals surface area contributed by atoms with E-state index in [1.54, 1.807) is 11.8 Å². The first-order chi connectivity index (χ1) is 9.90. The van der Waals surface area contributed by atoms with Crippen LogP contribution in [0.1, 0.15) is 33.6 Å². The number of ether oxygens (including phenoxy) is 2. The molecule has 2 heterocycles. The monoisotopic (exact) mass is 298 g/mol. The summed E-state index contributed by atoms with van der Waals surface area (Å²) in [4.78, 5) is 38.2. The Morgan fingerprint density at radius 3 is 2.43 bits per heavy atom. The molecule has 0 saturated carbocycles. The lowest BCUT2D eigenvalue weighted by atomic mass is 10.0. The summed E-state index contributed by atoms with van der Waals surface area (Å²) in [6, 6.07) is -0.191. The number of likely N-dealkylation sites (tertiary alicyclic amines) is 1. The fraction of sp³-hybridized carbons (Fsp3) is 0.786. The zero-order valence-corrected chi connectivity index (χ0v) is 12.7. The molecular formula is C14H22N2O5. The standard InChI is InChI=1S/C14H22N2O5/c1-9(2)8-20-13(18)15-6-4-11(5-7-15)16-12(17)10(3)21-14(16)19/h9-11H,4-8H2,1-3H3/t10-/m1/s1. The molecule has 0 aliphatic carbocycles. The van der Waals surface area contributed by atoms with Crippen LogP contribution in [-0.2, 0) is 14.3 Å². The highest BCUT2D eigenvalue weighted by Gasteiger charge is 2.43. The first kappa shape index (κ1) is 15.6. The first-order valence-corrected chi connectivity index (χ1v) is 7.35. The number of nitrogens with zero attached hydrogens (tertiary/aromatic N) is 2. The lowest BCUT2D eigenvalue weighted by Gasteiger charge is -2.34. The van der Waals surface area contributed by atoms with Crippen molar-refractivity contribution in [2.24, 2.45) is 5.92 Å². The van der Waals surface area contributed by atoms with E-state index in [0.29, 0.717) is 38.5 Å². The molecule has 2 rings (SSSR count). The second-order valence-corrected chi connectivity index (χ2v) is 5.92. The summed E-state index contributed by atoms with van der Waals surface area (Å²) in [5.41, 5.74) is 0. The van der Waals surface area contributed by atoms with E-state index in [9.17, 15) is 14.4 Å². The number of amides is 3. The Hall–Kier alpha value is -1.79. The van der Waals surface area contributed by atoms with E-state index in [0.717, 1.165) is 0 Å². The average Bonchev–Trinajstić information content (AvgIpc) is 2.70. The van der Waals surface area contributed by atoms with Crippen molar-refractivity contribution >= 4 is 18.1 Å². The highest BCUT2D eigenvalue weighted by Crippen LogP contribution is 2.23. The summed E-state index contributed by atoms with van der Waals surface area (Å²) < 4.78 is 10.1. The molecule has 2 aliphatic heterocycles. The van der Waals surface area contributed by atoms with Gasteiger partial charge in [0.2, 0.25) is 0 Å². The zero-order chi connectivity index (χ0) is 15.6. The minimum Gasteiger partial charge on any atom is -0.449 e. The molecule has 0 N–H and O–H groups in total. The lowest BCUT2D eigenvalue weighted by molar-refractivity contribution is -0.131. The number of cyclic esters (lactones) is 1. The first-order valence-electron chi connectivity index (χ1n) is 7.35. The van der Waals surface area contributed by atoms with Crippen LogP contribution < -0.4 is 0 Å². The van der Waals surface area contributed by atoms with Crippen molar-refractivity contribution in [2.45, 2.75) is 45.8 Å². The van der Waals surface area contributed by atoms with Crippen LogP contribution in [0.5, 0.6) is 0 Å². The van der Waals surface area contributed by atoms with E-state index < -0.39 is 12.2 Å². The number of hydrogen-bond acceptors (Lipinski definition) is 5. The molecular weight excluding hydrogens is 276 g/mol. The van der Waals surface area contributed by atoms with Gasteiger partial charge in [0.15, 0.2) is 6.10 Å². The van der Waals surface area contributed by atoms with Crippen LogP contribution in [0.3, 0.4) is 0 Å². The van der Waals surface area contributed by atoms with Crippen molar-refractivity contribution in [3.05, 3.63) is 0 Å². The molecule has 0 bridgehead atoms. The summed E-state index contributed by atoms with van der Waals surface area (Å²) >= 11 is 0. The van der Waals surface area contributed by atoms with Crippen molar-refractivity contribution in [1.29, 1.82) is 0 Å². The fourth-order valence-electron chi connectivity index (χ4n) is 2.51. The number of carbonyl (C=O) groups is 3. The van der Waals surface area contributed by atoms with Gasteiger partial charge in [-0.05, 0) is 25.7 Å². The van der Waals surface area contributed by atoms with Gasteiger partial charge in [-0.2, -0.15) is 0 Å². The summed E-state index contributed by atoms with van der Waals surface area (Å²) in [5, 5.41) is 0. The minimum absolute atomic E-state index is 0.191. The number of rotatable bonds is 3. The molecule has 7 heteroatoms. The molecule has 0 radical (unpaired) electrons. The number of imide groups is 1. The normalized spacial score (nSPS) is 23.7. The Kier molecular flexibility index (Phi) is 4.69. The molecule has 2 saturated heterocycles. The smallest absolute Gasteiger partial charge is 0.417 e. The third-order valence-corrected chi connectivity index (χ3v) is 3.69. The summed E-state index contributed by atoms with van der Waals surface area (Å²) in [5.74, 6) is 0.00537. The van der Waals surface area contributed by atoms with E-state index in [-0.39, 0.29) is 18.0 Å². The molecule has 0 aromatic heterocycles. The van der Waals surface area contributed by atoms with Gasteiger partial charge in [0.25, 0.3) is 5.91 Å². The van der Waals surface area contributed by atoms with Crippen LogP contribution in [0.4, 0.5) is 9.59 Å². The summed E-state index contributed by atoms with van der Waals surface area (Å²) in [7, 11) is 0. The van der Waals surface area contributed by atoms with Crippen molar-refractivity contribution in [1.82, 2.24) is 9.80 Å². The van der Waals surface area contributed by atoms with Crippen LogP contribution in [0.2, 0.25) is 0 Å². The second kappa shape index (κ2) is 6.32. The highest BCUT2D eigenvalue weighted by atomic mass is 16.6. The van der Waals surface area contributed by atoms with Gasteiger partial charge in [-0.15, -0.1) is 0 Å². The number of hydrogen-bond donors (Lipinski definition) is 0. The molecule has 21 heavy (non-hydrogen) atoms. The molecule has 118 valence electrons. The molecule has 7 nitrogen and oxygen atoms in total. The highest BCUT2D eigenvalue weighted by molar-refractivity contribution is 6.00. The topological polar surface area (TPSA) is 76.2 Å². The van der Waals surface area contributed by atoms with Gasteiger partial charge in [0.05, 0.1) is 6.61 Å². The van der Waals surface area contributed by atoms with E-state index in [2.05, 4.69) is 0 Å². The van der Waals surface area contributed by atoms with Crippen LogP contribution in [0.25, 0.3) is 0 Å². The van der Waals surface area contributed by atoms with Gasteiger partial charge in [-0.1, -0.05) is 13.8 Å². The summed E-state index contributed by atoms with van der Waals surface area (Å²) in [6.45, 7) is 6.88. The molecule has 3 amide bonds. The van der Waals surface area contributed by atoms with Crippen LogP contribution >= 0.6 is 0 Å². The minimum atomic E-state index is -0.702. The maximum absolute atomic E-state index is 11.9. The largest absolute Gasteiger partial charge is 0.449 e. The Labute approximate surface area is 124 Å². The fourth-order valence-corrected chi connectivity index (χ4v) is 2.51. The predicted molar refractivity (Wildman–Crippen MR) is 73.6 cm³/mol. The van der Waals surface area contributed by atoms with E-state index in [1.165, 1.54) is 4.90 Å². The van der Waals surface area contributed by atoms with Crippen molar-refractivity contribution < 1.29 is 23.9 Å². The second-order valence-electron chi connectivity index (χ2n) is 5.92. The Morgan fingerprint density at radius 1 is 1.33 bits per heavy atom. The van der Waals surface area contributed by atoms with Gasteiger partial charge in [0, 0.05) is 19.1 Å². The van der Waals surface area contributed by atoms with Crippen molar-refractivity contribution in [2.75, 3.05) is 19.7 Å². The van der Waals surface area contributed by atoms with E-state index in [4.69, 9.17) is 9.47 Å². The molecule has 2 aliphatic rings. The zero-order valence-electron chi connectivity index (χ0n) is 12.7. The van der Waals surface area contributed by atoms with Gasteiger partial charge in [0.1, 0.15) is 0 Å². The predicted octanol–water partition coefficient (Wildman–Crippen LogP) is 1.61. The third-order valence-electron chi connectivity index (χ3n) is 3.69. The molecule has 0 spiro atoms. The molecule has 1 atom stereocenters. The average molecular weight is 298 g/mol. The third kappa shape index (κ3) is 3.46. The van der Waals surface area contributed by atoms with Gasteiger partial charge < -0.3 is 14.4 Å². The van der Waals surface area contributed by atoms with Crippen molar-refractivity contribution in [3.63, 3.8) is 0 Å². The van der Waals surface area contributed by atoms with E-state index >= 15 is 0 Å². The molecule has 0 unspecified atom stereocenters. The molecule has 0 aromatic rings. The van der Waals surface area contributed by atoms with Crippen LogP contribution in [0, 0.1) is 5.92 Å². The Morgan fingerprint density at radius 2 is 1.95 bits per heavy atom. The maximum atomic E-state index is 11.9. The van der Waals surface area contributed by atoms with Crippen LogP contribution in [0.15, 0.2) is 0 Å². The summed E-state index contributed by atoms with van der Waals surface area (Å²) in [6.07, 6.45) is -0.486. The lowest BCUT2D eigenvalue weighted by Crippen LogP contribution is -2.49. The number of carbonyl (C=O) groups excluding carboxylic acids is 3. The quantitative estimate of drug-likeness (QED) is 0.791. The molecule has 0 aromatic carbocycles. The van der Waals surface area contributed by atoms with Crippen LogP contribution in [-0.4, -0.2) is 59.7 Å². The van der Waals surface area contributed by atoms with Gasteiger partial charge >= 0.3 is 12.2 Å². The Balaban J connectivity index is 1.84. The SMILES string of the molecule is CC(C)COC(=O)N1CCC(N2C(=O)O[C@H](C)C2=O)CC1. The maximum Gasteiger partial charge on any atom is 0.417 e. The van der Waals surface area contributed by atoms with Crippen molar-refractivity contribution in [3.8, 4) is 0 Å². The van der Waals surface area contributed by atoms with E-state index in [1.807, 2.05) is 13.8 Å². The molecule has 2 fully saturated rings. The number of piperidine rings is 1. The van der Waals surface area contributed by atoms with Gasteiger partial charge in [-0.3, -0.25) is 4.79 Å².